The lowest BCUT2D eigenvalue weighted by atomic mass is 9.97. The highest BCUT2D eigenvalue weighted by Crippen LogP contribution is 2.30. The first-order valence-corrected chi connectivity index (χ1v) is 8.24. The molecule has 0 amide bonds. The van der Waals surface area contributed by atoms with Crippen molar-refractivity contribution in [1.82, 2.24) is 0 Å². The minimum absolute atomic E-state index is 0.350. The molecule has 0 heterocycles. The molecule has 1 saturated carbocycles. The molecule has 1 unspecified atom stereocenters. The molecular formula is C19H28O2. The molecule has 0 N–H and O–H groups in total. The van der Waals surface area contributed by atoms with E-state index in [0.29, 0.717) is 6.10 Å². The maximum Gasteiger partial charge on any atom is 0.207 e. The van der Waals surface area contributed by atoms with Crippen LogP contribution in [-0.4, -0.2) is 11.9 Å². The summed E-state index contributed by atoms with van der Waals surface area (Å²) in [7, 11) is 0. The van der Waals surface area contributed by atoms with Crippen molar-refractivity contribution in [3.63, 3.8) is 0 Å². The van der Waals surface area contributed by atoms with E-state index in [1.807, 2.05) is 30.3 Å². The van der Waals surface area contributed by atoms with E-state index in [4.69, 9.17) is 9.47 Å². The summed E-state index contributed by atoms with van der Waals surface area (Å²) in [6, 6.07) is 8.04. The van der Waals surface area contributed by atoms with Crippen LogP contribution in [-0.2, 0) is 4.74 Å². The molecule has 1 aromatic rings. The van der Waals surface area contributed by atoms with Crippen molar-refractivity contribution in [3.8, 4) is 5.75 Å². The highest BCUT2D eigenvalue weighted by Gasteiger charge is 2.31. The molecule has 2 nitrogen and oxygen atoms in total. The van der Waals surface area contributed by atoms with Gasteiger partial charge in [-0.15, -0.1) is 0 Å². The Morgan fingerprint density at radius 3 is 2.43 bits per heavy atom. The quantitative estimate of drug-likeness (QED) is 0.610. The van der Waals surface area contributed by atoms with Crippen LogP contribution < -0.4 is 4.74 Å². The van der Waals surface area contributed by atoms with E-state index in [1.165, 1.54) is 19.3 Å². The Bertz CT molecular complexity index is 431. The second kappa shape index (κ2) is 7.65. The zero-order valence-electron chi connectivity index (χ0n) is 13.4. The standard InChI is InChI=1S/C19H28O2/c1-4-15-19(3,20-17-9-7-6-8-10-17)21-18-13-11-16(5-2)12-14-18/h5,11-14,17H,2,4,6-10,15H2,1,3H3. The Morgan fingerprint density at radius 1 is 1.19 bits per heavy atom. The Hall–Kier alpha value is -1.28. The second-order valence-corrected chi connectivity index (χ2v) is 6.14. The van der Waals surface area contributed by atoms with E-state index in [9.17, 15) is 0 Å². The van der Waals surface area contributed by atoms with Crippen LogP contribution in [0.4, 0.5) is 0 Å². The minimum atomic E-state index is -0.521. The fourth-order valence-corrected chi connectivity index (χ4v) is 3.04. The molecule has 2 rings (SSSR count). The van der Waals surface area contributed by atoms with E-state index in [0.717, 1.165) is 37.0 Å². The molecule has 1 aliphatic carbocycles. The summed E-state index contributed by atoms with van der Waals surface area (Å²) in [6.07, 6.45) is 10.4. The first-order chi connectivity index (χ1) is 10.1. The maximum absolute atomic E-state index is 6.34. The topological polar surface area (TPSA) is 18.5 Å². The number of rotatable bonds is 7. The summed E-state index contributed by atoms with van der Waals surface area (Å²) in [4.78, 5) is 0. The van der Waals surface area contributed by atoms with Crippen LogP contribution in [0.2, 0.25) is 0 Å². The predicted octanol–water partition coefficient (Wildman–Crippen LogP) is 5.57. The van der Waals surface area contributed by atoms with Gasteiger partial charge in [-0.2, -0.15) is 0 Å². The average molecular weight is 288 g/mol. The highest BCUT2D eigenvalue weighted by molar-refractivity contribution is 5.48. The van der Waals surface area contributed by atoms with Crippen LogP contribution in [0.1, 0.15) is 64.4 Å². The molecule has 0 aromatic heterocycles. The van der Waals surface area contributed by atoms with E-state index in [2.05, 4.69) is 20.4 Å². The first kappa shape index (κ1) is 16.1. The molecule has 0 aliphatic heterocycles. The van der Waals surface area contributed by atoms with Gasteiger partial charge in [0.25, 0.3) is 0 Å². The Balaban J connectivity index is 2.02. The summed E-state index contributed by atoms with van der Waals surface area (Å²) in [6.45, 7) is 8.03. The van der Waals surface area contributed by atoms with Gasteiger partial charge in [-0.1, -0.05) is 51.0 Å². The second-order valence-electron chi connectivity index (χ2n) is 6.14. The van der Waals surface area contributed by atoms with Crippen LogP contribution in [0.25, 0.3) is 6.08 Å². The fourth-order valence-electron chi connectivity index (χ4n) is 3.04. The Morgan fingerprint density at radius 2 is 1.86 bits per heavy atom. The summed E-state index contributed by atoms with van der Waals surface area (Å²) < 4.78 is 12.5. The van der Waals surface area contributed by atoms with Crippen molar-refractivity contribution in [2.45, 2.75) is 70.7 Å². The molecule has 1 aromatic carbocycles. The third-order valence-corrected chi connectivity index (χ3v) is 4.12. The molecule has 0 spiro atoms. The number of hydrogen-bond donors (Lipinski definition) is 0. The number of ether oxygens (including phenoxy) is 2. The van der Waals surface area contributed by atoms with Crippen LogP contribution in [0.15, 0.2) is 30.8 Å². The third-order valence-electron chi connectivity index (χ3n) is 4.12. The van der Waals surface area contributed by atoms with Gasteiger partial charge in [0, 0.05) is 13.3 Å². The lowest BCUT2D eigenvalue weighted by molar-refractivity contribution is -0.209. The van der Waals surface area contributed by atoms with Crippen LogP contribution in [0.5, 0.6) is 5.75 Å². The third kappa shape index (κ3) is 4.89. The van der Waals surface area contributed by atoms with Gasteiger partial charge in [0.15, 0.2) is 0 Å². The largest absolute Gasteiger partial charge is 0.463 e. The molecule has 0 saturated heterocycles. The summed E-state index contributed by atoms with van der Waals surface area (Å²) >= 11 is 0. The maximum atomic E-state index is 6.34. The molecule has 2 heteroatoms. The summed E-state index contributed by atoms with van der Waals surface area (Å²) in [5.74, 6) is 0.347. The van der Waals surface area contributed by atoms with Gasteiger partial charge >= 0.3 is 0 Å². The van der Waals surface area contributed by atoms with Gasteiger partial charge < -0.3 is 9.47 Å². The van der Waals surface area contributed by atoms with Crippen molar-refractivity contribution >= 4 is 6.08 Å². The van der Waals surface area contributed by atoms with Gasteiger partial charge in [0.05, 0.1) is 6.10 Å². The Kier molecular flexibility index (Phi) is 5.86. The normalized spacial score (nSPS) is 19.0. The zero-order valence-corrected chi connectivity index (χ0v) is 13.4. The zero-order chi connectivity index (χ0) is 15.1. The van der Waals surface area contributed by atoms with Gasteiger partial charge in [-0.25, -0.2) is 0 Å². The van der Waals surface area contributed by atoms with Crippen molar-refractivity contribution in [2.24, 2.45) is 0 Å². The first-order valence-electron chi connectivity index (χ1n) is 8.24. The van der Waals surface area contributed by atoms with Crippen LogP contribution in [0, 0.1) is 0 Å². The molecule has 21 heavy (non-hydrogen) atoms. The number of benzene rings is 1. The fraction of sp³-hybridized carbons (Fsp3) is 0.579. The van der Waals surface area contributed by atoms with Gasteiger partial charge in [-0.05, 0) is 37.0 Å². The van der Waals surface area contributed by atoms with Crippen LogP contribution >= 0.6 is 0 Å². The van der Waals surface area contributed by atoms with E-state index < -0.39 is 5.79 Å². The number of hydrogen-bond acceptors (Lipinski definition) is 2. The van der Waals surface area contributed by atoms with Crippen molar-refractivity contribution in [3.05, 3.63) is 36.4 Å². The predicted molar refractivity (Wildman–Crippen MR) is 88.4 cm³/mol. The minimum Gasteiger partial charge on any atom is -0.463 e. The van der Waals surface area contributed by atoms with Gasteiger partial charge in [0.2, 0.25) is 5.79 Å². The smallest absolute Gasteiger partial charge is 0.207 e. The van der Waals surface area contributed by atoms with Crippen LogP contribution in [0.3, 0.4) is 0 Å². The van der Waals surface area contributed by atoms with Gasteiger partial charge in [-0.3, -0.25) is 0 Å². The van der Waals surface area contributed by atoms with E-state index >= 15 is 0 Å². The molecule has 1 aliphatic rings. The van der Waals surface area contributed by atoms with Crippen molar-refractivity contribution in [1.29, 1.82) is 0 Å². The molecule has 0 radical (unpaired) electrons. The van der Waals surface area contributed by atoms with Gasteiger partial charge in [0.1, 0.15) is 5.75 Å². The van der Waals surface area contributed by atoms with E-state index in [-0.39, 0.29) is 0 Å². The molecular weight excluding hydrogens is 260 g/mol. The monoisotopic (exact) mass is 288 g/mol. The molecule has 1 fully saturated rings. The lowest BCUT2D eigenvalue weighted by Gasteiger charge is -2.36. The lowest BCUT2D eigenvalue weighted by Crippen LogP contribution is -2.40. The molecule has 0 bridgehead atoms. The Labute approximate surface area is 129 Å². The summed E-state index contributed by atoms with van der Waals surface area (Å²) in [5, 5.41) is 0. The average Bonchev–Trinajstić information content (AvgIpc) is 2.49. The SMILES string of the molecule is C=Cc1ccc(OC(C)(CCC)OC2CCCCC2)cc1. The summed E-state index contributed by atoms with van der Waals surface area (Å²) in [5.41, 5.74) is 1.10. The molecule has 1 atom stereocenters. The van der Waals surface area contributed by atoms with Crippen molar-refractivity contribution in [2.75, 3.05) is 0 Å². The van der Waals surface area contributed by atoms with E-state index in [1.54, 1.807) is 0 Å². The van der Waals surface area contributed by atoms with Crippen molar-refractivity contribution < 1.29 is 9.47 Å². The highest BCUT2D eigenvalue weighted by atomic mass is 16.7. The molecule has 116 valence electrons.